The van der Waals surface area contributed by atoms with E-state index >= 15 is 0 Å². The van der Waals surface area contributed by atoms with E-state index in [0.29, 0.717) is 0 Å². The van der Waals surface area contributed by atoms with Gasteiger partial charge in [-0.2, -0.15) is 0 Å². The first-order valence-corrected chi connectivity index (χ1v) is 7.28. The average Bonchev–Trinajstić information content (AvgIpc) is 2.31. The van der Waals surface area contributed by atoms with Crippen LogP contribution in [0.1, 0.15) is 65.2 Å². The molecule has 0 aromatic carbocycles. The molecule has 1 aliphatic rings. The molecule has 0 unspecified atom stereocenters. The van der Waals surface area contributed by atoms with Gasteiger partial charge in [0.2, 0.25) is 0 Å². The summed E-state index contributed by atoms with van der Waals surface area (Å²) in [7, 11) is 0. The van der Waals surface area contributed by atoms with Gasteiger partial charge in [0.05, 0.1) is 13.2 Å². The smallest absolute Gasteiger partial charge is 0.117 e. The minimum absolute atomic E-state index is 0. The Hall–Kier alpha value is 0.210. The van der Waals surface area contributed by atoms with Crippen LogP contribution in [0.3, 0.4) is 0 Å². The summed E-state index contributed by atoms with van der Waals surface area (Å²) in [5.41, 5.74) is 0.225. The van der Waals surface area contributed by atoms with Gasteiger partial charge in [0.1, 0.15) is 12.1 Å². The van der Waals surface area contributed by atoms with E-state index in [-0.39, 0.29) is 18.0 Å². The Kier molecular flexibility index (Phi) is 10.3. The van der Waals surface area contributed by atoms with Crippen LogP contribution < -0.4 is 17.7 Å². The Morgan fingerprint density at radius 1 is 1.00 bits per heavy atom. The molecule has 2 nitrogen and oxygen atoms in total. The van der Waals surface area contributed by atoms with Crippen LogP contribution in [-0.4, -0.2) is 25.3 Å². The van der Waals surface area contributed by atoms with E-state index in [1.807, 2.05) is 0 Å². The van der Waals surface area contributed by atoms with Crippen molar-refractivity contribution in [1.82, 2.24) is 0 Å². The number of hydrogen-bond donors (Lipinski definition) is 1. The maximum atomic E-state index is 6.13. The largest absolute Gasteiger partial charge is 1.00 e. The predicted octanol–water partition coefficient (Wildman–Crippen LogP) is -0.517. The zero-order valence-corrected chi connectivity index (χ0v) is 12.4. The molecule has 2 N–H and O–H groups in total. The second-order valence-electron chi connectivity index (χ2n) is 5.23. The normalized spacial score (nSPS) is 18.7. The topological polar surface area (TPSA) is 25.8 Å². The fourth-order valence-corrected chi connectivity index (χ4v) is 2.65. The average molecular weight is 264 g/mol. The number of rotatable bonds is 8. The second-order valence-corrected chi connectivity index (χ2v) is 5.23. The van der Waals surface area contributed by atoms with Crippen molar-refractivity contribution >= 4 is 0 Å². The first-order chi connectivity index (χ1) is 7.83. The number of ether oxygens (including phenoxy) is 1. The van der Waals surface area contributed by atoms with Crippen LogP contribution in [0.2, 0.25) is 0 Å². The molecule has 0 bridgehead atoms. The van der Waals surface area contributed by atoms with Crippen molar-refractivity contribution in [2.75, 3.05) is 19.7 Å². The highest BCUT2D eigenvalue weighted by molar-refractivity contribution is 4.81. The van der Waals surface area contributed by atoms with Crippen molar-refractivity contribution in [3.8, 4) is 0 Å². The van der Waals surface area contributed by atoms with Crippen LogP contribution in [0.4, 0.5) is 0 Å². The molecule has 1 heterocycles. The summed E-state index contributed by atoms with van der Waals surface area (Å²) in [5, 5.41) is 2.45. The third-order valence-electron chi connectivity index (χ3n) is 3.72. The van der Waals surface area contributed by atoms with Crippen LogP contribution in [0.25, 0.3) is 0 Å². The van der Waals surface area contributed by atoms with Gasteiger partial charge in [-0.3, -0.25) is 0 Å². The molecule has 0 spiro atoms. The molecule has 0 radical (unpaired) electrons. The molecule has 0 amide bonds. The molecule has 0 aromatic rings. The summed E-state index contributed by atoms with van der Waals surface area (Å²) < 4.78 is 6.13. The molecular weight excluding hydrogens is 234 g/mol. The van der Waals surface area contributed by atoms with Crippen LogP contribution >= 0.6 is 0 Å². The number of unbranched alkanes of at least 4 members (excludes halogenated alkanes) is 4. The Morgan fingerprint density at radius 3 is 2.00 bits per heavy atom. The number of morpholine rings is 1. The van der Waals surface area contributed by atoms with E-state index in [0.717, 1.165) is 13.2 Å². The van der Waals surface area contributed by atoms with Crippen molar-refractivity contribution in [3.63, 3.8) is 0 Å². The minimum atomic E-state index is 0. The molecule has 1 aliphatic heterocycles. The summed E-state index contributed by atoms with van der Waals surface area (Å²) in [6.45, 7) is 7.86. The third-order valence-corrected chi connectivity index (χ3v) is 3.72. The summed E-state index contributed by atoms with van der Waals surface area (Å²) in [4.78, 5) is 0. The molecule has 104 valence electrons. The highest BCUT2D eigenvalue weighted by atomic mass is 35.5. The first kappa shape index (κ1) is 17.2. The zero-order chi connectivity index (χ0) is 11.7. The maximum absolute atomic E-state index is 6.13. The van der Waals surface area contributed by atoms with E-state index in [1.165, 1.54) is 57.9 Å². The van der Waals surface area contributed by atoms with Gasteiger partial charge in [-0.1, -0.05) is 52.4 Å². The summed E-state index contributed by atoms with van der Waals surface area (Å²) in [6, 6.07) is 0. The van der Waals surface area contributed by atoms with Crippen LogP contribution in [0.15, 0.2) is 0 Å². The first-order valence-electron chi connectivity index (χ1n) is 7.28. The lowest BCUT2D eigenvalue weighted by atomic mass is 9.89. The Labute approximate surface area is 113 Å². The van der Waals surface area contributed by atoms with Crippen LogP contribution in [-0.2, 0) is 4.74 Å². The van der Waals surface area contributed by atoms with Crippen molar-refractivity contribution < 1.29 is 22.5 Å². The predicted molar refractivity (Wildman–Crippen MR) is 68.6 cm³/mol. The van der Waals surface area contributed by atoms with Gasteiger partial charge in [-0.25, -0.2) is 0 Å². The van der Waals surface area contributed by atoms with Crippen molar-refractivity contribution in [3.05, 3.63) is 0 Å². The molecular formula is C14H30ClNO. The number of nitrogens with two attached hydrogens (primary N) is 1. The van der Waals surface area contributed by atoms with Crippen LogP contribution in [0, 0.1) is 0 Å². The van der Waals surface area contributed by atoms with Crippen molar-refractivity contribution in [1.29, 1.82) is 0 Å². The van der Waals surface area contributed by atoms with E-state index in [2.05, 4.69) is 19.2 Å². The Morgan fingerprint density at radius 2 is 1.59 bits per heavy atom. The van der Waals surface area contributed by atoms with Gasteiger partial charge in [0.25, 0.3) is 0 Å². The Bertz CT molecular complexity index is 158. The standard InChI is InChI=1S/C14H29NO.ClH/c1-3-5-7-9-14(10-8-6-4-2)13-15-11-12-16-14;/h15H,3-13H2,1-2H3;1H. The fraction of sp³-hybridized carbons (Fsp3) is 1.00. The highest BCUT2D eigenvalue weighted by Crippen LogP contribution is 2.26. The lowest BCUT2D eigenvalue weighted by Gasteiger charge is -2.35. The summed E-state index contributed by atoms with van der Waals surface area (Å²) in [6.07, 6.45) is 10.6. The lowest BCUT2D eigenvalue weighted by molar-refractivity contribution is -0.686. The zero-order valence-electron chi connectivity index (χ0n) is 11.6. The van der Waals surface area contributed by atoms with E-state index in [1.54, 1.807) is 0 Å². The molecule has 1 saturated heterocycles. The maximum Gasteiger partial charge on any atom is 0.117 e. The molecule has 1 rings (SSSR count). The number of quaternary nitrogens is 1. The minimum Gasteiger partial charge on any atom is -1.00 e. The summed E-state index contributed by atoms with van der Waals surface area (Å²) in [5.74, 6) is 0. The third kappa shape index (κ3) is 6.64. The SMILES string of the molecule is CCCCCC1(CCCCC)C[NH2+]CCO1.[Cl-]. The van der Waals surface area contributed by atoms with Gasteiger partial charge >= 0.3 is 0 Å². The van der Waals surface area contributed by atoms with Crippen molar-refractivity contribution in [2.24, 2.45) is 0 Å². The van der Waals surface area contributed by atoms with Gasteiger partial charge in [0.15, 0.2) is 0 Å². The highest BCUT2D eigenvalue weighted by Gasteiger charge is 2.34. The van der Waals surface area contributed by atoms with Gasteiger partial charge in [-0.15, -0.1) is 0 Å². The summed E-state index contributed by atoms with van der Waals surface area (Å²) >= 11 is 0. The van der Waals surface area contributed by atoms with Gasteiger partial charge < -0.3 is 22.5 Å². The molecule has 1 fully saturated rings. The van der Waals surface area contributed by atoms with Crippen LogP contribution in [0.5, 0.6) is 0 Å². The monoisotopic (exact) mass is 263 g/mol. The molecule has 0 aliphatic carbocycles. The molecule has 17 heavy (non-hydrogen) atoms. The quantitative estimate of drug-likeness (QED) is 0.587. The molecule has 0 saturated carbocycles. The lowest BCUT2D eigenvalue weighted by Crippen LogP contribution is -3.00. The van der Waals surface area contributed by atoms with E-state index in [9.17, 15) is 0 Å². The second kappa shape index (κ2) is 10.2. The van der Waals surface area contributed by atoms with E-state index in [4.69, 9.17) is 4.74 Å². The molecule has 3 heteroatoms. The molecule has 0 aromatic heterocycles. The Balaban J connectivity index is 0.00000256. The number of halogens is 1. The van der Waals surface area contributed by atoms with Gasteiger partial charge in [-0.05, 0) is 12.8 Å². The van der Waals surface area contributed by atoms with E-state index < -0.39 is 0 Å². The fourth-order valence-electron chi connectivity index (χ4n) is 2.65. The van der Waals surface area contributed by atoms with Crippen molar-refractivity contribution in [2.45, 2.75) is 70.8 Å². The number of hydrogen-bond acceptors (Lipinski definition) is 1. The van der Waals surface area contributed by atoms with Gasteiger partial charge in [0, 0.05) is 0 Å². The molecule has 0 atom stereocenters.